The Labute approximate surface area is 69.9 Å². The molecule has 0 saturated carbocycles. The fourth-order valence-electron chi connectivity index (χ4n) is 0.580. The highest BCUT2D eigenvalue weighted by Gasteiger charge is 2.22. The fraction of sp³-hybridized carbons (Fsp3) is 0.625. The third kappa shape index (κ3) is 9.31. The van der Waals surface area contributed by atoms with Crippen LogP contribution in [-0.4, -0.2) is 12.8 Å². The van der Waals surface area contributed by atoms with Gasteiger partial charge in [0.1, 0.15) is 0 Å². The van der Waals surface area contributed by atoms with E-state index in [2.05, 4.69) is 11.8 Å². The summed E-state index contributed by atoms with van der Waals surface area (Å²) in [5, 5.41) is 0. The lowest BCUT2D eigenvalue weighted by atomic mass is 10.2. The molecule has 0 aliphatic heterocycles. The van der Waals surface area contributed by atoms with Crippen molar-refractivity contribution in [2.24, 2.45) is 0 Å². The zero-order chi connectivity index (χ0) is 9.45. The van der Waals surface area contributed by atoms with Crippen LogP contribution in [0.5, 0.6) is 0 Å². The van der Waals surface area contributed by atoms with E-state index in [1.54, 1.807) is 0 Å². The topological polar surface area (TPSA) is 9.23 Å². The molecule has 0 N–H and O–H groups in total. The summed E-state index contributed by atoms with van der Waals surface area (Å²) in [6, 6.07) is 0. The summed E-state index contributed by atoms with van der Waals surface area (Å²) in [4.78, 5) is 0. The summed E-state index contributed by atoms with van der Waals surface area (Å²) in [6.07, 6.45) is -2.81. The predicted octanol–water partition coefficient (Wildman–Crippen LogP) is 2.53. The molecule has 0 aromatic rings. The molecule has 0 bridgehead atoms. The number of alkyl halides is 3. The monoisotopic (exact) mass is 179 g/mol. The second-order valence-corrected chi connectivity index (χ2v) is 2.16. The maximum absolute atomic E-state index is 11.4. The third-order valence-electron chi connectivity index (χ3n) is 1.07. The van der Waals surface area contributed by atoms with Gasteiger partial charge in [-0.05, 0) is 12.8 Å². The average Bonchev–Trinajstić information content (AvgIpc) is 1.94. The average molecular weight is 179 g/mol. The molecule has 0 fully saturated rings. The Morgan fingerprint density at radius 1 is 1.25 bits per heavy atom. The van der Waals surface area contributed by atoms with Gasteiger partial charge in [-0.3, -0.25) is 0 Å². The lowest BCUT2D eigenvalue weighted by Crippen LogP contribution is -2.01. The molecular formula is C8H10F3O. The minimum absolute atomic E-state index is 0.253. The minimum Gasteiger partial charge on any atom is -0.379 e. The van der Waals surface area contributed by atoms with Gasteiger partial charge in [-0.2, -0.15) is 13.2 Å². The highest BCUT2D eigenvalue weighted by Crippen LogP contribution is 2.12. The number of halogens is 3. The van der Waals surface area contributed by atoms with Crippen LogP contribution >= 0.6 is 0 Å². The predicted molar refractivity (Wildman–Crippen MR) is 39.0 cm³/mol. The molecule has 0 spiro atoms. The summed E-state index contributed by atoms with van der Waals surface area (Å²) in [5.74, 6) is 3.23. The van der Waals surface area contributed by atoms with Gasteiger partial charge in [-0.25, -0.2) is 0 Å². The van der Waals surface area contributed by atoms with E-state index in [0.717, 1.165) is 0 Å². The molecule has 0 aromatic carbocycles. The molecule has 0 amide bonds. The van der Waals surface area contributed by atoms with E-state index in [0.29, 0.717) is 19.4 Å². The Morgan fingerprint density at radius 2 is 1.92 bits per heavy atom. The van der Waals surface area contributed by atoms with Crippen LogP contribution in [0, 0.1) is 19.0 Å². The molecule has 1 nitrogen and oxygen atoms in total. The van der Waals surface area contributed by atoms with E-state index in [1.807, 2.05) is 5.92 Å². The van der Waals surface area contributed by atoms with Gasteiger partial charge in [-0.1, -0.05) is 5.92 Å². The highest BCUT2D eigenvalue weighted by atomic mass is 19.4. The van der Waals surface area contributed by atoms with Crippen LogP contribution in [0.25, 0.3) is 0 Å². The standard InChI is InChI=1S/C8H10F3O/c1-12-7-5-3-2-4-6-8(9,10)11/h1-3,5,7H2. The van der Waals surface area contributed by atoms with Gasteiger partial charge in [0.25, 0.3) is 0 Å². The summed E-state index contributed by atoms with van der Waals surface area (Å²) < 4.78 is 38.7. The first-order valence-electron chi connectivity index (χ1n) is 3.50. The van der Waals surface area contributed by atoms with E-state index in [9.17, 15) is 13.2 Å². The fourth-order valence-corrected chi connectivity index (χ4v) is 0.580. The molecule has 0 aromatic heterocycles. The maximum Gasteiger partial charge on any atom is 0.457 e. The summed E-state index contributed by atoms with van der Waals surface area (Å²) in [5.41, 5.74) is 0. The normalized spacial score (nSPS) is 10.7. The molecule has 0 saturated heterocycles. The Bertz CT molecular complexity index is 163. The van der Waals surface area contributed by atoms with Crippen molar-refractivity contribution >= 4 is 0 Å². The van der Waals surface area contributed by atoms with Crippen LogP contribution in [0.4, 0.5) is 13.2 Å². The van der Waals surface area contributed by atoms with Crippen LogP contribution in [0.1, 0.15) is 19.3 Å². The molecule has 0 heterocycles. The zero-order valence-electron chi connectivity index (χ0n) is 6.58. The Hall–Kier alpha value is -0.690. The molecule has 1 radical (unpaired) electrons. The Balaban J connectivity index is 3.34. The Kier molecular flexibility index (Phi) is 5.56. The lowest BCUT2D eigenvalue weighted by Gasteiger charge is -1.94. The van der Waals surface area contributed by atoms with Crippen molar-refractivity contribution in [1.82, 2.24) is 0 Å². The lowest BCUT2D eigenvalue weighted by molar-refractivity contribution is -0.0697. The molecule has 0 atom stereocenters. The minimum atomic E-state index is -4.36. The molecule has 69 valence electrons. The van der Waals surface area contributed by atoms with E-state index >= 15 is 0 Å². The van der Waals surface area contributed by atoms with Crippen LogP contribution in [0.15, 0.2) is 0 Å². The quantitative estimate of drug-likeness (QED) is 0.476. The highest BCUT2D eigenvalue weighted by molar-refractivity contribution is 5.04. The first kappa shape index (κ1) is 11.3. The van der Waals surface area contributed by atoms with E-state index < -0.39 is 6.18 Å². The smallest absolute Gasteiger partial charge is 0.379 e. The van der Waals surface area contributed by atoms with Crippen LogP contribution in [-0.2, 0) is 4.74 Å². The number of ether oxygens (including phenoxy) is 1. The van der Waals surface area contributed by atoms with Crippen molar-refractivity contribution in [3.8, 4) is 11.8 Å². The van der Waals surface area contributed by atoms with Crippen LogP contribution < -0.4 is 0 Å². The van der Waals surface area contributed by atoms with Crippen molar-refractivity contribution in [2.75, 3.05) is 6.61 Å². The van der Waals surface area contributed by atoms with Crippen molar-refractivity contribution in [3.05, 3.63) is 7.11 Å². The molecular weight excluding hydrogens is 169 g/mol. The Morgan fingerprint density at radius 3 is 2.42 bits per heavy atom. The second-order valence-electron chi connectivity index (χ2n) is 2.16. The third-order valence-corrected chi connectivity index (χ3v) is 1.07. The molecule has 0 aliphatic rings. The van der Waals surface area contributed by atoms with Crippen molar-refractivity contribution in [2.45, 2.75) is 25.4 Å². The van der Waals surface area contributed by atoms with E-state index in [-0.39, 0.29) is 6.42 Å². The van der Waals surface area contributed by atoms with Crippen molar-refractivity contribution in [1.29, 1.82) is 0 Å². The van der Waals surface area contributed by atoms with Gasteiger partial charge >= 0.3 is 6.18 Å². The number of hydrogen-bond acceptors (Lipinski definition) is 1. The molecule has 0 aliphatic carbocycles. The molecule has 0 rings (SSSR count). The van der Waals surface area contributed by atoms with Gasteiger partial charge < -0.3 is 4.74 Å². The number of unbranched alkanes of at least 4 members (excludes halogenated alkanes) is 2. The van der Waals surface area contributed by atoms with Crippen molar-refractivity contribution < 1.29 is 17.9 Å². The second kappa shape index (κ2) is 5.90. The van der Waals surface area contributed by atoms with Crippen LogP contribution in [0.3, 0.4) is 0 Å². The van der Waals surface area contributed by atoms with Gasteiger partial charge in [0.05, 0.1) is 7.11 Å². The summed E-state index contributed by atoms with van der Waals surface area (Å²) >= 11 is 0. The maximum atomic E-state index is 11.4. The van der Waals surface area contributed by atoms with E-state index in [4.69, 9.17) is 0 Å². The zero-order valence-corrected chi connectivity index (χ0v) is 6.58. The number of hydrogen-bond donors (Lipinski definition) is 0. The van der Waals surface area contributed by atoms with E-state index in [1.165, 1.54) is 5.92 Å². The van der Waals surface area contributed by atoms with Gasteiger partial charge in [0, 0.05) is 18.9 Å². The van der Waals surface area contributed by atoms with Gasteiger partial charge in [-0.15, -0.1) is 0 Å². The number of rotatable bonds is 4. The van der Waals surface area contributed by atoms with Crippen LogP contribution in [0.2, 0.25) is 0 Å². The SMILES string of the molecule is [CH2]OCCCCC#CC(F)(F)F. The molecule has 12 heavy (non-hydrogen) atoms. The molecule has 0 unspecified atom stereocenters. The largest absolute Gasteiger partial charge is 0.457 e. The van der Waals surface area contributed by atoms with Crippen molar-refractivity contribution in [3.63, 3.8) is 0 Å². The molecule has 4 heteroatoms. The first-order chi connectivity index (χ1) is 5.56. The summed E-state index contributed by atoms with van der Waals surface area (Å²) in [6.45, 7) is 0.466. The van der Waals surface area contributed by atoms with Gasteiger partial charge in [0.2, 0.25) is 0 Å². The first-order valence-corrected chi connectivity index (χ1v) is 3.50. The summed E-state index contributed by atoms with van der Waals surface area (Å²) in [7, 11) is 3.13. The van der Waals surface area contributed by atoms with Gasteiger partial charge in [0.15, 0.2) is 0 Å².